The predicted molar refractivity (Wildman–Crippen MR) is 56.0 cm³/mol. The lowest BCUT2D eigenvalue weighted by atomic mass is 9.74. The first kappa shape index (κ1) is 11.2. The van der Waals surface area contributed by atoms with Gasteiger partial charge < -0.3 is 14.7 Å². The van der Waals surface area contributed by atoms with Gasteiger partial charge in [-0.3, -0.25) is 4.79 Å². The van der Waals surface area contributed by atoms with Crippen molar-refractivity contribution >= 4 is 12.1 Å². The molecule has 0 aromatic heterocycles. The van der Waals surface area contributed by atoms with E-state index in [9.17, 15) is 9.59 Å². The van der Waals surface area contributed by atoms with Gasteiger partial charge in [0.1, 0.15) is 5.60 Å². The van der Waals surface area contributed by atoms with E-state index in [1.54, 1.807) is 25.7 Å². The third-order valence-corrected chi connectivity index (χ3v) is 3.21. The molecule has 3 unspecified atom stereocenters. The Kier molecular flexibility index (Phi) is 2.36. The molecule has 1 saturated carbocycles. The second-order valence-electron chi connectivity index (χ2n) is 5.56. The Morgan fingerprint density at radius 1 is 1.38 bits per heavy atom. The minimum absolute atomic E-state index is 0.120. The molecule has 1 amide bonds. The zero-order valence-corrected chi connectivity index (χ0v) is 9.77. The number of aliphatic carboxylic acids is 1. The largest absolute Gasteiger partial charge is 0.481 e. The molecule has 1 N–H and O–H groups in total. The lowest BCUT2D eigenvalue weighted by molar-refractivity contribution is -0.147. The van der Waals surface area contributed by atoms with E-state index in [2.05, 4.69) is 0 Å². The highest BCUT2D eigenvalue weighted by Crippen LogP contribution is 2.46. The van der Waals surface area contributed by atoms with E-state index < -0.39 is 11.6 Å². The van der Waals surface area contributed by atoms with E-state index in [0.29, 0.717) is 6.54 Å². The summed E-state index contributed by atoms with van der Waals surface area (Å²) in [6.07, 6.45) is 0.416. The molecular formula is C11H17NO4. The smallest absolute Gasteiger partial charge is 0.410 e. The van der Waals surface area contributed by atoms with Gasteiger partial charge in [0.2, 0.25) is 0 Å². The first-order valence-corrected chi connectivity index (χ1v) is 5.52. The molecule has 2 heterocycles. The van der Waals surface area contributed by atoms with Gasteiger partial charge in [-0.15, -0.1) is 0 Å². The SMILES string of the molecule is CC(C)(C)OC(=O)N1CC2CC1C2C(=O)O. The van der Waals surface area contributed by atoms with Crippen molar-refractivity contribution in [1.29, 1.82) is 0 Å². The second-order valence-corrected chi connectivity index (χ2v) is 5.56. The molecule has 2 aliphatic heterocycles. The zero-order chi connectivity index (χ0) is 12.1. The van der Waals surface area contributed by atoms with Gasteiger partial charge >= 0.3 is 12.1 Å². The van der Waals surface area contributed by atoms with Crippen molar-refractivity contribution in [2.45, 2.75) is 38.8 Å². The molecular weight excluding hydrogens is 210 g/mol. The van der Waals surface area contributed by atoms with Crippen LogP contribution in [-0.4, -0.2) is 40.3 Å². The summed E-state index contributed by atoms with van der Waals surface area (Å²) in [5.41, 5.74) is -0.525. The van der Waals surface area contributed by atoms with Crippen LogP contribution in [0.1, 0.15) is 27.2 Å². The van der Waals surface area contributed by atoms with Gasteiger partial charge in [0, 0.05) is 12.6 Å². The number of hydrogen-bond donors (Lipinski definition) is 1. The van der Waals surface area contributed by atoms with Crippen LogP contribution in [0.15, 0.2) is 0 Å². The van der Waals surface area contributed by atoms with E-state index in [-0.39, 0.29) is 24.0 Å². The lowest BCUT2D eigenvalue weighted by Gasteiger charge is -2.33. The fourth-order valence-corrected chi connectivity index (χ4v) is 2.52. The van der Waals surface area contributed by atoms with E-state index in [4.69, 9.17) is 9.84 Å². The summed E-state index contributed by atoms with van der Waals surface area (Å²) in [5.74, 6) is -1.06. The summed E-state index contributed by atoms with van der Waals surface area (Å²) in [5, 5.41) is 8.97. The van der Waals surface area contributed by atoms with Crippen molar-refractivity contribution in [3.8, 4) is 0 Å². The Balaban J connectivity index is 1.99. The van der Waals surface area contributed by atoms with Gasteiger partial charge in [-0.05, 0) is 33.1 Å². The lowest BCUT2D eigenvalue weighted by Crippen LogP contribution is -2.46. The normalized spacial score (nSPS) is 32.2. The maximum Gasteiger partial charge on any atom is 0.410 e. The summed E-state index contributed by atoms with van der Waals surface area (Å²) in [6.45, 7) is 5.94. The average Bonchev–Trinajstić information content (AvgIpc) is 2.53. The highest BCUT2D eigenvalue weighted by molar-refractivity contribution is 5.77. The number of rotatable bonds is 1. The number of amides is 1. The number of carboxylic acid groups (broad SMARTS) is 1. The number of carbonyl (C=O) groups excluding carboxylic acids is 1. The Morgan fingerprint density at radius 2 is 2.00 bits per heavy atom. The van der Waals surface area contributed by atoms with Crippen LogP contribution >= 0.6 is 0 Å². The maximum atomic E-state index is 11.8. The first-order valence-electron chi connectivity index (χ1n) is 5.52. The molecule has 1 aliphatic carbocycles. The molecule has 3 atom stereocenters. The van der Waals surface area contributed by atoms with Gasteiger partial charge in [0.15, 0.2) is 0 Å². The molecule has 5 nitrogen and oxygen atoms in total. The molecule has 16 heavy (non-hydrogen) atoms. The van der Waals surface area contributed by atoms with Gasteiger partial charge in [-0.25, -0.2) is 4.79 Å². The molecule has 0 aromatic carbocycles. The fourth-order valence-electron chi connectivity index (χ4n) is 2.52. The van der Waals surface area contributed by atoms with Crippen molar-refractivity contribution in [3.05, 3.63) is 0 Å². The van der Waals surface area contributed by atoms with Crippen molar-refractivity contribution in [2.24, 2.45) is 11.8 Å². The molecule has 2 saturated heterocycles. The van der Waals surface area contributed by atoms with Crippen LogP contribution in [0, 0.1) is 11.8 Å². The van der Waals surface area contributed by atoms with Gasteiger partial charge in [-0.2, -0.15) is 0 Å². The van der Waals surface area contributed by atoms with Crippen LogP contribution in [0.4, 0.5) is 4.79 Å². The molecule has 0 radical (unpaired) electrons. The number of carboxylic acids is 1. The van der Waals surface area contributed by atoms with Crippen LogP contribution < -0.4 is 0 Å². The Hall–Kier alpha value is -1.26. The number of fused-ring (bicyclic) bond motifs is 1. The highest BCUT2D eigenvalue weighted by atomic mass is 16.6. The quantitative estimate of drug-likeness (QED) is 0.733. The summed E-state index contributed by atoms with van der Waals surface area (Å²) < 4.78 is 5.24. The van der Waals surface area contributed by atoms with E-state index in [1.165, 1.54) is 0 Å². The molecule has 3 rings (SSSR count). The van der Waals surface area contributed by atoms with Crippen LogP contribution in [0.5, 0.6) is 0 Å². The van der Waals surface area contributed by atoms with Crippen molar-refractivity contribution in [2.75, 3.05) is 6.54 Å². The van der Waals surface area contributed by atoms with Gasteiger partial charge in [-0.1, -0.05) is 0 Å². The summed E-state index contributed by atoms with van der Waals surface area (Å²) >= 11 is 0. The molecule has 2 bridgehead atoms. The maximum absolute atomic E-state index is 11.8. The average molecular weight is 227 g/mol. The van der Waals surface area contributed by atoms with Crippen LogP contribution in [-0.2, 0) is 9.53 Å². The Labute approximate surface area is 94.4 Å². The van der Waals surface area contributed by atoms with E-state index in [1.807, 2.05) is 0 Å². The monoisotopic (exact) mass is 227 g/mol. The van der Waals surface area contributed by atoms with Crippen molar-refractivity contribution < 1.29 is 19.4 Å². The minimum Gasteiger partial charge on any atom is -0.481 e. The zero-order valence-electron chi connectivity index (χ0n) is 9.77. The topological polar surface area (TPSA) is 66.8 Å². The minimum atomic E-state index is -0.799. The van der Waals surface area contributed by atoms with Gasteiger partial charge in [0.05, 0.1) is 5.92 Å². The summed E-state index contributed by atoms with van der Waals surface area (Å²) in [4.78, 5) is 24.3. The number of ether oxygens (including phenoxy) is 1. The molecule has 3 aliphatic rings. The number of hydrogen-bond acceptors (Lipinski definition) is 3. The fraction of sp³-hybridized carbons (Fsp3) is 0.818. The van der Waals surface area contributed by atoms with Crippen molar-refractivity contribution in [3.63, 3.8) is 0 Å². The van der Waals surface area contributed by atoms with E-state index in [0.717, 1.165) is 6.42 Å². The molecule has 90 valence electrons. The van der Waals surface area contributed by atoms with Crippen LogP contribution in [0.3, 0.4) is 0 Å². The van der Waals surface area contributed by atoms with E-state index >= 15 is 0 Å². The standard InChI is InChI=1S/C11H17NO4/c1-11(2,3)16-10(15)12-5-6-4-7(12)8(6)9(13)14/h6-8H,4-5H2,1-3H3,(H,13,14). The predicted octanol–water partition coefficient (Wildman–Crippen LogP) is 1.33. The summed E-state index contributed by atoms with van der Waals surface area (Å²) in [6, 6.07) is -0.155. The molecule has 0 spiro atoms. The third-order valence-electron chi connectivity index (χ3n) is 3.21. The number of nitrogens with zero attached hydrogens (tertiary/aromatic N) is 1. The van der Waals surface area contributed by atoms with Crippen LogP contribution in [0.2, 0.25) is 0 Å². The molecule has 5 heteroatoms. The van der Waals surface area contributed by atoms with Crippen molar-refractivity contribution in [1.82, 2.24) is 4.90 Å². The molecule has 0 aromatic rings. The first-order chi connectivity index (χ1) is 7.29. The molecule has 3 fully saturated rings. The summed E-state index contributed by atoms with van der Waals surface area (Å²) in [7, 11) is 0. The van der Waals surface area contributed by atoms with Crippen LogP contribution in [0.25, 0.3) is 0 Å². The van der Waals surface area contributed by atoms with Gasteiger partial charge in [0.25, 0.3) is 0 Å². The highest BCUT2D eigenvalue weighted by Gasteiger charge is 2.57. The Bertz CT molecular complexity index is 333. The second kappa shape index (κ2) is 3.37. The number of carbonyl (C=O) groups is 2. The third kappa shape index (κ3) is 1.74. The Morgan fingerprint density at radius 3 is 2.44 bits per heavy atom.